The van der Waals surface area contributed by atoms with Crippen LogP contribution >= 0.6 is 0 Å². The van der Waals surface area contributed by atoms with Gasteiger partial charge in [-0.25, -0.2) is 9.51 Å². The predicted octanol–water partition coefficient (Wildman–Crippen LogP) is 5.42. The van der Waals surface area contributed by atoms with Gasteiger partial charge in [0.25, 0.3) is 0 Å². The Morgan fingerprint density at radius 2 is 1.92 bits per heavy atom. The van der Waals surface area contributed by atoms with E-state index in [-0.39, 0.29) is 17.5 Å². The molecule has 7 N–H and O–H groups in total. The zero-order chi connectivity index (χ0) is 26.3. The first-order valence-corrected chi connectivity index (χ1v) is 13.0. The third kappa shape index (κ3) is 4.67. The fourth-order valence-corrected chi connectivity index (χ4v) is 5.43. The maximum Gasteiger partial charge on any atom is 0.135 e. The third-order valence-electron chi connectivity index (χ3n) is 7.90. The number of hydrogen-bond acceptors (Lipinski definition) is 5. The average molecular weight is 496 g/mol. The van der Waals surface area contributed by atoms with Gasteiger partial charge in [0.2, 0.25) is 0 Å². The van der Waals surface area contributed by atoms with E-state index in [4.69, 9.17) is 27.3 Å². The van der Waals surface area contributed by atoms with Crippen molar-refractivity contribution in [3.63, 3.8) is 0 Å². The number of nitrogens with one attached hydrogen (secondary N) is 1. The number of amidine groups is 1. The van der Waals surface area contributed by atoms with E-state index in [0.29, 0.717) is 5.84 Å². The maximum absolute atomic E-state index is 6.69. The number of nitrogens with zero attached hydrogens (tertiary/aromatic N) is 3. The van der Waals surface area contributed by atoms with Crippen molar-refractivity contribution in [1.29, 1.82) is 0 Å². The van der Waals surface area contributed by atoms with E-state index in [1.54, 1.807) is 6.20 Å². The molecule has 7 nitrogen and oxygen atoms in total. The van der Waals surface area contributed by atoms with E-state index in [2.05, 4.69) is 51.2 Å². The first kappa shape index (κ1) is 24.8. The molecule has 2 aromatic carbocycles. The Hall–Kier alpha value is -3.84. The molecule has 2 heterocycles. The molecular weight excluding hydrogens is 458 g/mol. The van der Waals surface area contributed by atoms with E-state index < -0.39 is 0 Å². The number of hydrogen-bond donors (Lipinski definition) is 4. The van der Waals surface area contributed by atoms with Crippen molar-refractivity contribution in [2.75, 3.05) is 11.1 Å². The Morgan fingerprint density at radius 3 is 2.62 bits per heavy atom. The van der Waals surface area contributed by atoms with Crippen LogP contribution < -0.4 is 22.5 Å². The number of nitrogens with two attached hydrogens (primary N) is 3. The molecule has 1 saturated carbocycles. The minimum Gasteiger partial charge on any atom is -0.399 e. The number of anilines is 2. The van der Waals surface area contributed by atoms with Gasteiger partial charge in [0, 0.05) is 29.5 Å². The molecule has 5 rings (SSSR count). The molecule has 0 spiro atoms. The number of benzene rings is 2. The first-order valence-electron chi connectivity index (χ1n) is 13.0. The third-order valence-corrected chi connectivity index (χ3v) is 7.90. The number of para-hydroxylation sites is 1. The van der Waals surface area contributed by atoms with Crippen molar-refractivity contribution < 1.29 is 0 Å². The molecule has 2 unspecified atom stereocenters. The molecule has 0 saturated heterocycles. The van der Waals surface area contributed by atoms with Crippen LogP contribution in [0.2, 0.25) is 0 Å². The molecule has 0 bridgehead atoms. The molecule has 1 fully saturated rings. The van der Waals surface area contributed by atoms with Gasteiger partial charge in [-0.15, -0.1) is 0 Å². The lowest BCUT2D eigenvalue weighted by Crippen LogP contribution is -2.42. The van der Waals surface area contributed by atoms with Crippen molar-refractivity contribution in [2.24, 2.45) is 21.9 Å². The number of rotatable bonds is 6. The van der Waals surface area contributed by atoms with Crippen molar-refractivity contribution in [1.82, 2.24) is 9.61 Å². The van der Waals surface area contributed by atoms with Crippen molar-refractivity contribution >= 4 is 28.4 Å². The van der Waals surface area contributed by atoms with E-state index in [0.717, 1.165) is 69.7 Å². The topological polar surface area (TPSA) is 120 Å². The van der Waals surface area contributed by atoms with Gasteiger partial charge in [0.15, 0.2) is 0 Å². The Morgan fingerprint density at radius 1 is 1.14 bits per heavy atom. The molecule has 7 heteroatoms. The smallest absolute Gasteiger partial charge is 0.135 e. The number of aliphatic imine (C=N–C) groups is 1. The van der Waals surface area contributed by atoms with E-state index in [1.165, 1.54) is 0 Å². The molecule has 1 aliphatic rings. The molecule has 192 valence electrons. The molecule has 0 radical (unpaired) electrons. The first-order chi connectivity index (χ1) is 17.7. The Labute approximate surface area is 218 Å². The highest BCUT2D eigenvalue weighted by Gasteiger charge is 2.41. The molecular formula is C30H37N7. The predicted molar refractivity (Wildman–Crippen MR) is 154 cm³/mol. The Bertz CT molecular complexity index is 1460. The van der Waals surface area contributed by atoms with Crippen LogP contribution in [0.1, 0.15) is 50.3 Å². The zero-order valence-corrected chi connectivity index (χ0v) is 22.1. The number of nitrogen functional groups attached to an aromatic ring is 1. The second-order valence-corrected chi connectivity index (χ2v) is 10.8. The van der Waals surface area contributed by atoms with E-state index >= 15 is 0 Å². The number of fused-ring (bicyclic) bond motifs is 1. The van der Waals surface area contributed by atoms with Gasteiger partial charge < -0.3 is 22.5 Å². The minimum atomic E-state index is -0.0708. The Kier molecular flexibility index (Phi) is 6.42. The minimum absolute atomic E-state index is 0.0708. The van der Waals surface area contributed by atoms with Gasteiger partial charge in [-0.3, -0.25) is 0 Å². The van der Waals surface area contributed by atoms with Gasteiger partial charge in [-0.1, -0.05) is 45.0 Å². The van der Waals surface area contributed by atoms with Gasteiger partial charge in [-0.2, -0.15) is 5.10 Å². The van der Waals surface area contributed by atoms with Crippen LogP contribution in [0.25, 0.3) is 16.6 Å². The van der Waals surface area contributed by atoms with Gasteiger partial charge in [0.1, 0.15) is 5.84 Å². The summed E-state index contributed by atoms with van der Waals surface area (Å²) in [5.41, 5.74) is 27.9. The van der Waals surface area contributed by atoms with Crippen LogP contribution in [0.15, 0.2) is 65.9 Å². The second kappa shape index (κ2) is 9.56. The lowest BCUT2D eigenvalue weighted by Gasteiger charge is -2.32. The van der Waals surface area contributed by atoms with Crippen molar-refractivity contribution in [2.45, 2.75) is 59.0 Å². The van der Waals surface area contributed by atoms with Gasteiger partial charge in [0.05, 0.1) is 28.7 Å². The monoisotopic (exact) mass is 495 g/mol. The zero-order valence-electron chi connectivity index (χ0n) is 22.1. The summed E-state index contributed by atoms with van der Waals surface area (Å²) in [6, 6.07) is 16.7. The highest BCUT2D eigenvalue weighted by atomic mass is 15.2. The Balaban J connectivity index is 1.66. The maximum atomic E-state index is 6.69. The normalized spacial score (nSPS) is 19.4. The molecule has 0 amide bonds. The van der Waals surface area contributed by atoms with Crippen molar-refractivity contribution in [3.05, 3.63) is 77.6 Å². The average Bonchev–Trinajstić information content (AvgIpc) is 3.40. The molecule has 37 heavy (non-hydrogen) atoms. The number of aryl methyl sites for hydroxylation is 2. The van der Waals surface area contributed by atoms with Gasteiger partial charge in [-0.05, 0) is 72.6 Å². The molecule has 2 atom stereocenters. The molecule has 0 aliphatic heterocycles. The second-order valence-electron chi connectivity index (χ2n) is 10.8. The quantitative estimate of drug-likeness (QED) is 0.162. The summed E-state index contributed by atoms with van der Waals surface area (Å²) >= 11 is 0. The summed E-state index contributed by atoms with van der Waals surface area (Å²) < 4.78 is 1.90. The lowest BCUT2D eigenvalue weighted by molar-refractivity contribution is 0.308. The van der Waals surface area contributed by atoms with Crippen LogP contribution in [0.3, 0.4) is 0 Å². The van der Waals surface area contributed by atoms with E-state index in [1.807, 2.05) is 41.0 Å². The summed E-state index contributed by atoms with van der Waals surface area (Å²) in [7, 11) is 0. The SMILES string of the molecule is CCc1ccccc1N=C(N)c1cnn2cc(-c3cc(C)cc(N)c3)cc2c1NC1CCC(N)C1(C)C. The summed E-state index contributed by atoms with van der Waals surface area (Å²) in [6.45, 7) is 8.63. The van der Waals surface area contributed by atoms with Crippen LogP contribution in [0.4, 0.5) is 17.1 Å². The largest absolute Gasteiger partial charge is 0.399 e. The summed E-state index contributed by atoms with van der Waals surface area (Å²) in [4.78, 5) is 4.85. The van der Waals surface area contributed by atoms with Gasteiger partial charge >= 0.3 is 0 Å². The standard InChI is InChI=1S/C30H37N7/c1-5-19-8-6-7-9-24(19)35-29(33)23-16-34-37-17-21(20-12-18(2)13-22(31)14-20)15-25(37)28(23)36-27-11-10-26(32)30(27,3)4/h6-9,12-17,26-27,36H,5,10-11,31-32H2,1-4H3,(H2,33,35). The molecule has 1 aliphatic carbocycles. The summed E-state index contributed by atoms with van der Waals surface area (Å²) in [5, 5.41) is 8.55. The molecule has 2 aromatic heterocycles. The highest BCUT2D eigenvalue weighted by Crippen LogP contribution is 2.40. The van der Waals surface area contributed by atoms with Crippen LogP contribution in [0.5, 0.6) is 0 Å². The van der Waals surface area contributed by atoms with E-state index in [9.17, 15) is 0 Å². The van der Waals surface area contributed by atoms with Crippen LogP contribution in [0, 0.1) is 12.3 Å². The number of aromatic nitrogens is 2. The fourth-order valence-electron chi connectivity index (χ4n) is 5.43. The van der Waals surface area contributed by atoms with Crippen LogP contribution in [-0.2, 0) is 6.42 Å². The fraction of sp³-hybridized carbons (Fsp3) is 0.333. The lowest BCUT2D eigenvalue weighted by atomic mass is 9.84. The highest BCUT2D eigenvalue weighted by molar-refractivity contribution is 6.06. The summed E-state index contributed by atoms with van der Waals surface area (Å²) in [5.74, 6) is 0.432. The molecule has 4 aromatic rings. The van der Waals surface area contributed by atoms with Crippen LogP contribution in [-0.4, -0.2) is 27.5 Å². The summed E-state index contributed by atoms with van der Waals surface area (Å²) in [6.07, 6.45) is 6.68. The van der Waals surface area contributed by atoms with Crippen molar-refractivity contribution in [3.8, 4) is 11.1 Å².